The van der Waals surface area contributed by atoms with E-state index in [1.165, 1.54) is 4.88 Å². The Kier molecular flexibility index (Phi) is 8.04. The van der Waals surface area contributed by atoms with Gasteiger partial charge in [-0.3, -0.25) is 0 Å². The maximum atomic E-state index is 11.5. The van der Waals surface area contributed by atoms with Crippen LogP contribution in [0.25, 0.3) is 0 Å². The SMILES string of the molecule is CCNC(=NCc1ncc(CC)s1)NC1CCS(=O)(=O)C1.I. The molecule has 6 nitrogen and oxygen atoms in total. The Bertz CT molecular complexity index is 601. The van der Waals surface area contributed by atoms with E-state index in [0.717, 1.165) is 18.0 Å². The zero-order valence-corrected chi connectivity index (χ0v) is 16.8. The van der Waals surface area contributed by atoms with Crippen LogP contribution in [0, 0.1) is 0 Å². The maximum absolute atomic E-state index is 11.5. The van der Waals surface area contributed by atoms with E-state index in [1.54, 1.807) is 11.3 Å². The minimum absolute atomic E-state index is 0. The summed E-state index contributed by atoms with van der Waals surface area (Å²) in [7, 11) is -2.88. The Hall–Kier alpha value is -0.420. The molecule has 1 saturated heterocycles. The van der Waals surface area contributed by atoms with Crippen LogP contribution in [0.3, 0.4) is 0 Å². The first-order valence-corrected chi connectivity index (χ1v) is 9.85. The van der Waals surface area contributed by atoms with Gasteiger partial charge in [-0.25, -0.2) is 18.4 Å². The number of guanidine groups is 1. The molecular formula is C13H23IN4O2S2. The van der Waals surface area contributed by atoms with E-state index in [2.05, 4.69) is 27.5 Å². The van der Waals surface area contributed by atoms with Crippen LogP contribution in [0.4, 0.5) is 0 Å². The van der Waals surface area contributed by atoms with Crippen LogP contribution in [0.1, 0.15) is 30.2 Å². The Balaban J connectivity index is 0.00000242. The van der Waals surface area contributed by atoms with Gasteiger partial charge in [-0.1, -0.05) is 6.92 Å². The fourth-order valence-electron chi connectivity index (χ4n) is 2.15. The first kappa shape index (κ1) is 19.6. The molecule has 0 aliphatic carbocycles. The zero-order valence-electron chi connectivity index (χ0n) is 12.8. The van der Waals surface area contributed by atoms with E-state index < -0.39 is 9.84 Å². The number of nitrogens with one attached hydrogen (secondary N) is 2. The topological polar surface area (TPSA) is 83.4 Å². The Morgan fingerprint density at radius 2 is 2.27 bits per heavy atom. The molecule has 1 aliphatic rings. The third-order valence-corrected chi connectivity index (χ3v) is 6.13. The number of hydrogen-bond acceptors (Lipinski definition) is 5. The summed E-state index contributed by atoms with van der Waals surface area (Å²) in [6.45, 7) is 5.34. The maximum Gasteiger partial charge on any atom is 0.191 e. The van der Waals surface area contributed by atoms with Crippen molar-refractivity contribution in [1.82, 2.24) is 15.6 Å². The van der Waals surface area contributed by atoms with Crippen molar-refractivity contribution in [2.45, 2.75) is 39.3 Å². The molecule has 2 rings (SSSR count). The second-order valence-corrected chi connectivity index (χ2v) is 8.44. The van der Waals surface area contributed by atoms with Crippen LogP contribution in [0.2, 0.25) is 0 Å². The number of aromatic nitrogens is 1. The molecule has 126 valence electrons. The third kappa shape index (κ3) is 5.99. The van der Waals surface area contributed by atoms with E-state index in [1.807, 2.05) is 13.1 Å². The first-order chi connectivity index (χ1) is 10.0. The fourth-order valence-corrected chi connectivity index (χ4v) is 4.61. The zero-order chi connectivity index (χ0) is 15.3. The Morgan fingerprint density at radius 1 is 1.50 bits per heavy atom. The molecule has 1 fully saturated rings. The molecule has 0 amide bonds. The minimum atomic E-state index is -2.88. The van der Waals surface area contributed by atoms with Crippen molar-refractivity contribution in [1.29, 1.82) is 0 Å². The number of hydrogen-bond donors (Lipinski definition) is 2. The van der Waals surface area contributed by atoms with Gasteiger partial charge >= 0.3 is 0 Å². The second kappa shape index (κ2) is 9.02. The number of sulfone groups is 1. The van der Waals surface area contributed by atoms with Crippen molar-refractivity contribution < 1.29 is 8.42 Å². The lowest BCUT2D eigenvalue weighted by molar-refractivity contribution is 0.599. The lowest BCUT2D eigenvalue weighted by atomic mass is 10.3. The molecule has 1 aromatic heterocycles. The molecule has 1 atom stereocenters. The van der Waals surface area contributed by atoms with Crippen molar-refractivity contribution in [3.05, 3.63) is 16.1 Å². The summed E-state index contributed by atoms with van der Waals surface area (Å²) in [6, 6.07) is -0.0460. The number of nitrogens with zero attached hydrogens (tertiary/aromatic N) is 2. The summed E-state index contributed by atoms with van der Waals surface area (Å²) >= 11 is 1.67. The number of halogens is 1. The van der Waals surface area contributed by atoms with Gasteiger partial charge in [0.25, 0.3) is 0 Å². The number of aryl methyl sites for hydroxylation is 1. The Labute approximate surface area is 153 Å². The standard InChI is InChI=1S/C13H22N4O2S2.HI/c1-3-11-7-15-12(20-11)8-16-13(14-4-2)17-10-5-6-21(18,19)9-10;/h7,10H,3-6,8-9H2,1-2H3,(H2,14,16,17);1H. The molecule has 22 heavy (non-hydrogen) atoms. The van der Waals surface area contributed by atoms with Crippen LogP contribution in [-0.4, -0.2) is 43.5 Å². The molecule has 0 radical (unpaired) electrons. The molecule has 9 heteroatoms. The van der Waals surface area contributed by atoms with Crippen LogP contribution in [0.5, 0.6) is 0 Å². The van der Waals surface area contributed by atoms with Crippen molar-refractivity contribution >= 4 is 51.1 Å². The largest absolute Gasteiger partial charge is 0.357 e. The molecular weight excluding hydrogens is 435 g/mol. The van der Waals surface area contributed by atoms with Gasteiger partial charge in [-0.05, 0) is 19.8 Å². The van der Waals surface area contributed by atoms with Gasteiger partial charge < -0.3 is 10.6 Å². The van der Waals surface area contributed by atoms with Crippen molar-refractivity contribution in [2.24, 2.45) is 4.99 Å². The van der Waals surface area contributed by atoms with E-state index in [-0.39, 0.29) is 41.5 Å². The summed E-state index contributed by atoms with van der Waals surface area (Å²) < 4.78 is 23.0. The van der Waals surface area contributed by atoms with Crippen LogP contribution < -0.4 is 10.6 Å². The van der Waals surface area contributed by atoms with Crippen molar-refractivity contribution in [3.63, 3.8) is 0 Å². The van der Waals surface area contributed by atoms with Crippen molar-refractivity contribution in [2.75, 3.05) is 18.1 Å². The highest BCUT2D eigenvalue weighted by molar-refractivity contribution is 14.0. The monoisotopic (exact) mass is 458 g/mol. The molecule has 2 N–H and O–H groups in total. The van der Waals surface area contributed by atoms with E-state index >= 15 is 0 Å². The smallest absolute Gasteiger partial charge is 0.191 e. The molecule has 1 aromatic rings. The summed E-state index contributed by atoms with van der Waals surface area (Å²) in [6.07, 6.45) is 3.52. The second-order valence-electron chi connectivity index (χ2n) is 5.01. The minimum Gasteiger partial charge on any atom is -0.357 e. The third-order valence-electron chi connectivity index (χ3n) is 3.24. The van der Waals surface area contributed by atoms with Gasteiger partial charge in [-0.15, -0.1) is 35.3 Å². The van der Waals surface area contributed by atoms with E-state index in [9.17, 15) is 8.42 Å². The molecule has 1 aliphatic heterocycles. The highest BCUT2D eigenvalue weighted by Crippen LogP contribution is 2.14. The number of thiazole rings is 1. The van der Waals surface area contributed by atoms with Gasteiger partial charge in [-0.2, -0.15) is 0 Å². The predicted molar refractivity (Wildman–Crippen MR) is 102 cm³/mol. The van der Waals surface area contributed by atoms with E-state index in [0.29, 0.717) is 18.9 Å². The number of aliphatic imine (C=N–C) groups is 1. The summed E-state index contributed by atoms with van der Waals surface area (Å²) in [5.74, 6) is 1.11. The highest BCUT2D eigenvalue weighted by Gasteiger charge is 2.28. The summed E-state index contributed by atoms with van der Waals surface area (Å²) in [4.78, 5) is 10.1. The van der Waals surface area contributed by atoms with Gasteiger partial charge in [0.1, 0.15) is 5.01 Å². The van der Waals surface area contributed by atoms with Gasteiger partial charge in [0.2, 0.25) is 0 Å². The highest BCUT2D eigenvalue weighted by atomic mass is 127. The predicted octanol–water partition coefficient (Wildman–Crippen LogP) is 1.57. The average molecular weight is 458 g/mol. The van der Waals surface area contributed by atoms with Crippen LogP contribution >= 0.6 is 35.3 Å². The average Bonchev–Trinajstić information content (AvgIpc) is 3.02. The summed E-state index contributed by atoms with van der Waals surface area (Å²) in [5, 5.41) is 7.32. The number of rotatable bonds is 5. The van der Waals surface area contributed by atoms with Crippen LogP contribution in [0.15, 0.2) is 11.2 Å². The molecule has 0 spiro atoms. The molecule has 2 heterocycles. The van der Waals surface area contributed by atoms with Gasteiger partial charge in [0.05, 0.1) is 18.1 Å². The lowest BCUT2D eigenvalue weighted by Crippen LogP contribution is -2.44. The normalized spacial score (nSPS) is 20.5. The molecule has 0 aromatic carbocycles. The quantitative estimate of drug-likeness (QED) is 0.398. The van der Waals surface area contributed by atoms with E-state index in [4.69, 9.17) is 0 Å². The molecule has 0 saturated carbocycles. The van der Waals surface area contributed by atoms with Crippen molar-refractivity contribution in [3.8, 4) is 0 Å². The molecule has 1 unspecified atom stereocenters. The first-order valence-electron chi connectivity index (χ1n) is 7.21. The molecule has 0 bridgehead atoms. The van der Waals surface area contributed by atoms with Gasteiger partial charge in [0, 0.05) is 23.7 Å². The Morgan fingerprint density at radius 3 is 2.82 bits per heavy atom. The summed E-state index contributed by atoms with van der Waals surface area (Å²) in [5.41, 5.74) is 0. The van der Waals surface area contributed by atoms with Gasteiger partial charge in [0.15, 0.2) is 15.8 Å². The van der Waals surface area contributed by atoms with Crippen LogP contribution in [-0.2, 0) is 22.8 Å². The lowest BCUT2D eigenvalue weighted by Gasteiger charge is -2.15. The fraction of sp³-hybridized carbons (Fsp3) is 0.692.